The van der Waals surface area contributed by atoms with Crippen LogP contribution in [0.15, 0.2) is 65.8 Å². The van der Waals surface area contributed by atoms with Crippen LogP contribution in [0.25, 0.3) is 5.69 Å². The number of hydrogen-bond donors (Lipinski definition) is 1. The third-order valence-corrected chi connectivity index (χ3v) is 7.03. The molecule has 0 spiro atoms. The molecule has 4 aromatic rings. The van der Waals surface area contributed by atoms with Gasteiger partial charge in [0.05, 0.1) is 6.61 Å². The summed E-state index contributed by atoms with van der Waals surface area (Å²) in [5.74, 6) is -0.747. The first-order valence-electron chi connectivity index (χ1n) is 13.3. The average molecular weight is 561 g/mol. The van der Waals surface area contributed by atoms with Gasteiger partial charge in [-0.1, -0.05) is 6.07 Å². The Labute approximate surface area is 233 Å². The van der Waals surface area contributed by atoms with Gasteiger partial charge in [-0.05, 0) is 54.8 Å². The SMILES string of the molecule is O=C(Cc1ccc(Oc2cc(NC3CCOCC3)ncn2)c(F)c1)c1c2c(cn(-c3ccc(F)cc3)c1=O)CCO2. The zero-order valence-corrected chi connectivity index (χ0v) is 21.9. The van der Waals surface area contributed by atoms with Crippen LogP contribution >= 0.6 is 0 Å². The van der Waals surface area contributed by atoms with E-state index in [1.54, 1.807) is 18.3 Å². The van der Waals surface area contributed by atoms with Gasteiger partial charge in [-0.15, -0.1) is 0 Å². The maximum Gasteiger partial charge on any atom is 0.269 e. The lowest BCUT2D eigenvalue weighted by Gasteiger charge is -2.23. The fourth-order valence-electron chi connectivity index (χ4n) is 4.95. The highest BCUT2D eigenvalue weighted by molar-refractivity contribution is 6.00. The van der Waals surface area contributed by atoms with Gasteiger partial charge in [0.2, 0.25) is 5.88 Å². The van der Waals surface area contributed by atoms with Crippen molar-refractivity contribution in [1.82, 2.24) is 14.5 Å². The quantitative estimate of drug-likeness (QED) is 0.311. The van der Waals surface area contributed by atoms with Crippen LogP contribution in [0.5, 0.6) is 17.4 Å². The minimum atomic E-state index is -0.689. The van der Waals surface area contributed by atoms with Crippen molar-refractivity contribution in [3.63, 3.8) is 0 Å². The van der Waals surface area contributed by atoms with Gasteiger partial charge in [0.25, 0.3) is 5.56 Å². The van der Waals surface area contributed by atoms with Crippen LogP contribution in [-0.4, -0.2) is 46.2 Å². The van der Waals surface area contributed by atoms with Crippen LogP contribution in [0.1, 0.15) is 34.3 Å². The van der Waals surface area contributed by atoms with Crippen molar-refractivity contribution in [2.24, 2.45) is 0 Å². The zero-order valence-electron chi connectivity index (χ0n) is 21.9. The Kier molecular flexibility index (Phi) is 7.43. The number of anilines is 1. The molecule has 1 N–H and O–H groups in total. The Hall–Kier alpha value is -4.64. The Morgan fingerprint density at radius 1 is 1.05 bits per heavy atom. The van der Waals surface area contributed by atoms with Gasteiger partial charge in [-0.25, -0.2) is 18.7 Å². The summed E-state index contributed by atoms with van der Waals surface area (Å²) < 4.78 is 46.5. The van der Waals surface area contributed by atoms with Gasteiger partial charge in [-0.2, -0.15) is 0 Å². The monoisotopic (exact) mass is 560 g/mol. The molecule has 0 aliphatic carbocycles. The van der Waals surface area contributed by atoms with E-state index >= 15 is 4.39 Å². The Morgan fingerprint density at radius 3 is 2.63 bits per heavy atom. The Morgan fingerprint density at radius 2 is 1.85 bits per heavy atom. The first kappa shape index (κ1) is 26.6. The van der Waals surface area contributed by atoms with Crippen molar-refractivity contribution in [3.05, 3.63) is 99.7 Å². The fraction of sp³-hybridized carbons (Fsp3) is 0.267. The molecule has 210 valence electrons. The molecule has 6 rings (SSSR count). The number of ether oxygens (including phenoxy) is 3. The fourth-order valence-corrected chi connectivity index (χ4v) is 4.95. The maximum atomic E-state index is 15.0. The predicted molar refractivity (Wildman–Crippen MR) is 145 cm³/mol. The smallest absolute Gasteiger partial charge is 0.269 e. The van der Waals surface area contributed by atoms with E-state index in [4.69, 9.17) is 14.2 Å². The molecule has 2 aliphatic heterocycles. The van der Waals surface area contributed by atoms with E-state index in [9.17, 15) is 14.0 Å². The number of benzene rings is 2. The normalized spacial score (nSPS) is 14.8. The number of rotatable bonds is 8. The molecular formula is C30H26F2N4O5. The minimum absolute atomic E-state index is 0.0699. The van der Waals surface area contributed by atoms with Gasteiger partial charge < -0.3 is 19.5 Å². The molecule has 0 unspecified atom stereocenters. The Balaban J connectivity index is 1.20. The van der Waals surface area contributed by atoms with E-state index < -0.39 is 23.0 Å². The number of hydrogen-bond acceptors (Lipinski definition) is 8. The number of nitrogens with zero attached hydrogens (tertiary/aromatic N) is 3. The molecule has 0 saturated carbocycles. The molecular weight excluding hydrogens is 534 g/mol. The molecule has 0 bridgehead atoms. The standard InChI is InChI=1S/C30H26F2N4O5/c31-20-2-4-22(5-3-20)36-16-19-7-12-40-29(19)28(30(36)38)24(37)14-18-1-6-25(23(32)13-18)41-27-15-26(33-17-34-27)35-21-8-10-39-11-9-21/h1-6,13,15-17,21H,7-12,14H2,(H,33,34,35). The van der Waals surface area contributed by atoms with Crippen LogP contribution in [-0.2, 0) is 17.6 Å². The van der Waals surface area contributed by atoms with Gasteiger partial charge in [0.15, 0.2) is 17.3 Å². The van der Waals surface area contributed by atoms with Crippen LogP contribution in [0, 0.1) is 11.6 Å². The summed E-state index contributed by atoms with van der Waals surface area (Å²) in [7, 11) is 0. The van der Waals surface area contributed by atoms with Crippen molar-refractivity contribution < 1.29 is 27.8 Å². The van der Waals surface area contributed by atoms with Crippen LogP contribution in [0.4, 0.5) is 14.6 Å². The second-order valence-corrected chi connectivity index (χ2v) is 9.85. The lowest BCUT2D eigenvalue weighted by molar-refractivity contribution is 0.0903. The second-order valence-electron chi connectivity index (χ2n) is 9.85. The third-order valence-electron chi connectivity index (χ3n) is 7.03. The summed E-state index contributed by atoms with van der Waals surface area (Å²) in [4.78, 5) is 35.0. The van der Waals surface area contributed by atoms with Crippen molar-refractivity contribution in [1.29, 1.82) is 0 Å². The van der Waals surface area contributed by atoms with E-state index in [-0.39, 0.29) is 35.4 Å². The summed E-state index contributed by atoms with van der Waals surface area (Å²) in [6.07, 6.45) is 4.94. The van der Waals surface area contributed by atoms with Crippen LogP contribution < -0.4 is 20.3 Å². The lowest BCUT2D eigenvalue weighted by Crippen LogP contribution is -2.28. The molecule has 2 aliphatic rings. The number of fused-ring (bicyclic) bond motifs is 1. The third kappa shape index (κ3) is 5.80. The summed E-state index contributed by atoms with van der Waals surface area (Å²) in [6.45, 7) is 1.69. The number of carbonyl (C=O) groups is 1. The van der Waals surface area contributed by atoms with Gasteiger partial charge >= 0.3 is 0 Å². The number of ketones is 1. The molecule has 0 radical (unpaired) electrons. The van der Waals surface area contributed by atoms with Gasteiger partial charge in [0.1, 0.15) is 29.3 Å². The molecule has 1 saturated heterocycles. The van der Waals surface area contributed by atoms with E-state index in [0.717, 1.165) is 12.8 Å². The topological polar surface area (TPSA) is 105 Å². The van der Waals surface area contributed by atoms with Gasteiger partial charge in [0, 0.05) is 55.6 Å². The van der Waals surface area contributed by atoms with E-state index in [2.05, 4.69) is 15.3 Å². The number of aromatic nitrogens is 3. The van der Waals surface area contributed by atoms with E-state index in [1.165, 1.54) is 47.3 Å². The zero-order chi connectivity index (χ0) is 28.3. The molecule has 2 aromatic heterocycles. The first-order valence-corrected chi connectivity index (χ1v) is 13.3. The minimum Gasteiger partial charge on any atom is -0.492 e. The maximum absolute atomic E-state index is 15.0. The van der Waals surface area contributed by atoms with Crippen molar-refractivity contribution in [2.45, 2.75) is 31.7 Å². The largest absolute Gasteiger partial charge is 0.492 e. The number of pyridine rings is 1. The molecule has 0 atom stereocenters. The highest BCUT2D eigenvalue weighted by Gasteiger charge is 2.27. The van der Waals surface area contributed by atoms with Gasteiger partial charge in [-0.3, -0.25) is 14.2 Å². The number of halogens is 2. The number of nitrogens with one attached hydrogen (secondary N) is 1. The van der Waals surface area contributed by atoms with E-state index in [1.807, 2.05) is 0 Å². The summed E-state index contributed by atoms with van der Waals surface area (Å²) in [5.41, 5.74) is 0.770. The molecule has 1 fully saturated rings. The lowest BCUT2D eigenvalue weighted by atomic mass is 10.0. The summed E-state index contributed by atoms with van der Waals surface area (Å²) in [6, 6.07) is 11.4. The number of Topliss-reactive ketones (excluding diaryl/α,β-unsaturated/α-hetero) is 1. The number of carbonyl (C=O) groups excluding carboxylic acids is 1. The van der Waals surface area contributed by atoms with Crippen molar-refractivity contribution >= 4 is 11.6 Å². The average Bonchev–Trinajstić information content (AvgIpc) is 3.43. The van der Waals surface area contributed by atoms with E-state index in [0.29, 0.717) is 48.9 Å². The van der Waals surface area contributed by atoms with Crippen molar-refractivity contribution in [2.75, 3.05) is 25.1 Å². The Bertz CT molecular complexity index is 1650. The molecule has 2 aromatic carbocycles. The highest BCUT2D eigenvalue weighted by Crippen LogP contribution is 2.30. The molecule has 0 amide bonds. The van der Waals surface area contributed by atoms with Crippen LogP contribution in [0.2, 0.25) is 0 Å². The van der Waals surface area contributed by atoms with Crippen LogP contribution in [0.3, 0.4) is 0 Å². The predicted octanol–water partition coefficient (Wildman–Crippen LogP) is 4.65. The van der Waals surface area contributed by atoms with Crippen molar-refractivity contribution in [3.8, 4) is 23.1 Å². The second kappa shape index (κ2) is 11.5. The molecule has 4 heterocycles. The summed E-state index contributed by atoms with van der Waals surface area (Å²) in [5, 5.41) is 3.31. The molecule has 11 heteroatoms. The highest BCUT2D eigenvalue weighted by atomic mass is 19.1. The first-order chi connectivity index (χ1) is 19.9. The molecule has 41 heavy (non-hydrogen) atoms. The molecule has 9 nitrogen and oxygen atoms in total. The summed E-state index contributed by atoms with van der Waals surface area (Å²) >= 11 is 0.